The zero-order valence-corrected chi connectivity index (χ0v) is 12.0. The topological polar surface area (TPSA) is 29.1 Å². The van der Waals surface area contributed by atoms with E-state index in [1.165, 1.54) is 24.2 Å². The summed E-state index contributed by atoms with van der Waals surface area (Å²) in [5.41, 5.74) is 0.500. The standard InChI is InChI=1S/C12H15Cl2NOS/c1-7-3-2-4-8(5-7)15-12(16)9-6-10(13)17-11(9)14/h6-8H,2-5H2,1H3,(H,15,16). The van der Waals surface area contributed by atoms with Crippen LogP contribution in [0, 0.1) is 5.92 Å². The normalized spacial score (nSPS) is 24.6. The van der Waals surface area contributed by atoms with E-state index in [-0.39, 0.29) is 11.9 Å². The molecule has 1 heterocycles. The number of carbonyl (C=O) groups excluding carboxylic acids is 1. The fourth-order valence-corrected chi connectivity index (χ4v) is 3.78. The molecule has 0 aliphatic heterocycles. The third-order valence-corrected chi connectivity index (χ3v) is 4.66. The van der Waals surface area contributed by atoms with E-state index in [9.17, 15) is 4.79 Å². The predicted molar refractivity (Wildman–Crippen MR) is 73.2 cm³/mol. The molecule has 1 aliphatic rings. The first-order valence-corrected chi connectivity index (χ1v) is 7.39. The number of hydrogen-bond acceptors (Lipinski definition) is 2. The van der Waals surface area contributed by atoms with Gasteiger partial charge >= 0.3 is 0 Å². The zero-order valence-electron chi connectivity index (χ0n) is 9.63. The van der Waals surface area contributed by atoms with Crippen LogP contribution in [0.25, 0.3) is 0 Å². The third-order valence-electron chi connectivity index (χ3n) is 3.17. The molecule has 2 rings (SSSR count). The van der Waals surface area contributed by atoms with Gasteiger partial charge in [-0.05, 0) is 24.8 Å². The van der Waals surface area contributed by atoms with E-state index in [1.807, 2.05) is 0 Å². The Bertz CT molecular complexity index is 419. The van der Waals surface area contributed by atoms with Crippen molar-refractivity contribution in [2.24, 2.45) is 5.92 Å². The van der Waals surface area contributed by atoms with Gasteiger partial charge in [0.05, 0.1) is 9.90 Å². The minimum absolute atomic E-state index is 0.0998. The van der Waals surface area contributed by atoms with Crippen molar-refractivity contribution in [1.82, 2.24) is 5.32 Å². The van der Waals surface area contributed by atoms with Gasteiger partial charge in [0, 0.05) is 6.04 Å². The lowest BCUT2D eigenvalue weighted by Gasteiger charge is -2.27. The smallest absolute Gasteiger partial charge is 0.253 e. The molecule has 94 valence electrons. The van der Waals surface area contributed by atoms with Crippen LogP contribution in [0.2, 0.25) is 8.67 Å². The van der Waals surface area contributed by atoms with E-state index in [4.69, 9.17) is 23.2 Å². The van der Waals surface area contributed by atoms with Crippen molar-refractivity contribution < 1.29 is 4.79 Å². The van der Waals surface area contributed by atoms with E-state index in [0.29, 0.717) is 20.2 Å². The summed E-state index contributed by atoms with van der Waals surface area (Å²) in [6.07, 6.45) is 4.56. The van der Waals surface area contributed by atoms with Crippen molar-refractivity contribution in [2.75, 3.05) is 0 Å². The van der Waals surface area contributed by atoms with Crippen LogP contribution >= 0.6 is 34.5 Å². The predicted octanol–water partition coefficient (Wildman–Crippen LogP) is 4.36. The Hall–Kier alpha value is -0.250. The van der Waals surface area contributed by atoms with Crippen molar-refractivity contribution in [3.63, 3.8) is 0 Å². The summed E-state index contributed by atoms with van der Waals surface area (Å²) in [6, 6.07) is 1.91. The maximum Gasteiger partial charge on any atom is 0.253 e. The molecule has 0 spiro atoms. The molecule has 1 N–H and O–H groups in total. The zero-order chi connectivity index (χ0) is 12.4. The largest absolute Gasteiger partial charge is 0.349 e. The molecule has 0 radical (unpaired) electrons. The van der Waals surface area contributed by atoms with Crippen molar-refractivity contribution in [1.29, 1.82) is 0 Å². The third kappa shape index (κ3) is 3.36. The fraction of sp³-hybridized carbons (Fsp3) is 0.583. The van der Waals surface area contributed by atoms with Gasteiger partial charge in [0.15, 0.2) is 0 Å². The summed E-state index contributed by atoms with van der Waals surface area (Å²) in [5, 5.41) is 3.04. The number of carbonyl (C=O) groups is 1. The number of amides is 1. The number of rotatable bonds is 2. The Labute approximate surface area is 115 Å². The lowest BCUT2D eigenvalue weighted by Crippen LogP contribution is -2.37. The Morgan fingerprint density at radius 3 is 2.82 bits per heavy atom. The summed E-state index contributed by atoms with van der Waals surface area (Å²) in [5.74, 6) is 0.591. The first-order valence-electron chi connectivity index (χ1n) is 5.82. The van der Waals surface area contributed by atoms with Gasteiger partial charge < -0.3 is 5.32 Å². The van der Waals surface area contributed by atoms with Gasteiger partial charge in [-0.2, -0.15) is 0 Å². The van der Waals surface area contributed by atoms with E-state index in [1.54, 1.807) is 6.07 Å². The summed E-state index contributed by atoms with van der Waals surface area (Å²) in [6.45, 7) is 2.23. The average molecular weight is 292 g/mol. The first kappa shape index (κ1) is 13.2. The van der Waals surface area contributed by atoms with E-state index in [0.717, 1.165) is 12.8 Å². The second-order valence-electron chi connectivity index (χ2n) is 4.68. The quantitative estimate of drug-likeness (QED) is 0.862. The molecular formula is C12H15Cl2NOS. The molecule has 1 amide bonds. The number of nitrogens with one attached hydrogen (secondary N) is 1. The Morgan fingerprint density at radius 1 is 1.47 bits per heavy atom. The lowest BCUT2D eigenvalue weighted by molar-refractivity contribution is 0.0922. The SMILES string of the molecule is CC1CCCC(NC(=O)c2cc(Cl)sc2Cl)C1. The minimum Gasteiger partial charge on any atom is -0.349 e. The molecule has 5 heteroatoms. The molecule has 2 unspecified atom stereocenters. The molecule has 1 aromatic heterocycles. The van der Waals surface area contributed by atoms with Gasteiger partial charge in [-0.3, -0.25) is 4.79 Å². The highest BCUT2D eigenvalue weighted by atomic mass is 35.5. The summed E-state index contributed by atoms with van der Waals surface area (Å²) in [7, 11) is 0. The highest BCUT2D eigenvalue weighted by Gasteiger charge is 2.22. The van der Waals surface area contributed by atoms with Crippen molar-refractivity contribution in [3.05, 3.63) is 20.3 Å². The van der Waals surface area contributed by atoms with Crippen LogP contribution in [0.5, 0.6) is 0 Å². The number of halogens is 2. The van der Waals surface area contributed by atoms with Crippen LogP contribution in [0.3, 0.4) is 0 Å². The van der Waals surface area contributed by atoms with Gasteiger partial charge in [0.1, 0.15) is 4.34 Å². The molecule has 0 aromatic carbocycles. The highest BCUT2D eigenvalue weighted by Crippen LogP contribution is 2.31. The molecule has 0 bridgehead atoms. The maximum absolute atomic E-state index is 12.0. The molecule has 2 nitrogen and oxygen atoms in total. The number of thiophene rings is 1. The van der Waals surface area contributed by atoms with Crippen LogP contribution < -0.4 is 5.32 Å². The van der Waals surface area contributed by atoms with E-state index < -0.39 is 0 Å². The molecule has 2 atom stereocenters. The highest BCUT2D eigenvalue weighted by molar-refractivity contribution is 7.20. The molecule has 1 fully saturated rings. The van der Waals surface area contributed by atoms with Crippen LogP contribution in [0.4, 0.5) is 0 Å². The van der Waals surface area contributed by atoms with Crippen LogP contribution in [-0.2, 0) is 0 Å². The van der Waals surface area contributed by atoms with Crippen LogP contribution in [-0.4, -0.2) is 11.9 Å². The second-order valence-corrected chi connectivity index (χ2v) is 6.97. The summed E-state index contributed by atoms with van der Waals surface area (Å²) < 4.78 is 1.02. The fourth-order valence-electron chi connectivity index (χ4n) is 2.32. The Kier molecular flexibility index (Phi) is 4.34. The van der Waals surface area contributed by atoms with Gasteiger partial charge in [0.2, 0.25) is 0 Å². The Balaban J connectivity index is 1.99. The van der Waals surface area contributed by atoms with E-state index >= 15 is 0 Å². The maximum atomic E-state index is 12.0. The van der Waals surface area contributed by atoms with Crippen molar-refractivity contribution >= 4 is 40.4 Å². The molecule has 1 aromatic rings. The molecular weight excluding hydrogens is 277 g/mol. The summed E-state index contributed by atoms with van der Waals surface area (Å²) in [4.78, 5) is 12.0. The first-order chi connectivity index (χ1) is 8.06. The second kappa shape index (κ2) is 5.59. The molecule has 1 aliphatic carbocycles. The van der Waals surface area contributed by atoms with Gasteiger partial charge in [-0.1, -0.05) is 43.0 Å². The number of hydrogen-bond donors (Lipinski definition) is 1. The lowest BCUT2D eigenvalue weighted by atomic mass is 9.87. The molecule has 1 saturated carbocycles. The average Bonchev–Trinajstić information content (AvgIpc) is 2.58. The van der Waals surface area contributed by atoms with E-state index in [2.05, 4.69) is 12.2 Å². The van der Waals surface area contributed by atoms with Crippen LogP contribution in [0.1, 0.15) is 43.0 Å². The Morgan fingerprint density at radius 2 is 2.24 bits per heavy atom. The molecule has 17 heavy (non-hydrogen) atoms. The minimum atomic E-state index is -0.0998. The monoisotopic (exact) mass is 291 g/mol. The van der Waals surface area contributed by atoms with Gasteiger partial charge in [-0.25, -0.2) is 0 Å². The molecule has 0 saturated heterocycles. The van der Waals surface area contributed by atoms with Crippen molar-refractivity contribution in [3.8, 4) is 0 Å². The van der Waals surface area contributed by atoms with Gasteiger partial charge in [0.25, 0.3) is 5.91 Å². The van der Waals surface area contributed by atoms with Crippen LogP contribution in [0.15, 0.2) is 6.07 Å². The van der Waals surface area contributed by atoms with Gasteiger partial charge in [-0.15, -0.1) is 11.3 Å². The van der Waals surface area contributed by atoms with Crippen molar-refractivity contribution in [2.45, 2.75) is 38.6 Å². The summed E-state index contributed by atoms with van der Waals surface area (Å²) >= 11 is 13.0.